The van der Waals surface area contributed by atoms with Crippen LogP contribution in [0.5, 0.6) is 0 Å². The number of benzene rings is 2. The van der Waals surface area contributed by atoms with Crippen molar-refractivity contribution in [2.75, 3.05) is 17.8 Å². The number of anilines is 2. The first-order valence-electron chi connectivity index (χ1n) is 5.98. The van der Waals surface area contributed by atoms with Gasteiger partial charge in [-0.15, -0.1) is 0 Å². The predicted molar refractivity (Wildman–Crippen MR) is 77.4 cm³/mol. The van der Waals surface area contributed by atoms with Crippen LogP contribution in [0.4, 0.5) is 11.4 Å². The molecule has 0 spiro atoms. The molecule has 0 radical (unpaired) electrons. The summed E-state index contributed by atoms with van der Waals surface area (Å²) in [6.45, 7) is 2.09. The van der Waals surface area contributed by atoms with Gasteiger partial charge in [-0.2, -0.15) is 0 Å². The summed E-state index contributed by atoms with van der Waals surface area (Å²) in [5.74, 6) is 5.75. The number of hydrogen-bond donors (Lipinski definition) is 2. The van der Waals surface area contributed by atoms with Crippen molar-refractivity contribution in [3.8, 4) is 0 Å². The third-order valence-corrected chi connectivity index (χ3v) is 3.00. The summed E-state index contributed by atoms with van der Waals surface area (Å²) in [6.07, 6.45) is 0.890. The van der Waals surface area contributed by atoms with Gasteiger partial charge in [-0.3, -0.25) is 0 Å². The van der Waals surface area contributed by atoms with E-state index in [4.69, 9.17) is 11.6 Å². The van der Waals surface area contributed by atoms with E-state index in [0.29, 0.717) is 5.69 Å². The second-order valence-electron chi connectivity index (χ2n) is 4.67. The number of aryl methyl sites for hydroxylation is 1. The van der Waals surface area contributed by atoms with Gasteiger partial charge in [-0.1, -0.05) is 35.9 Å². The third-order valence-electron chi connectivity index (χ3n) is 3.00. The lowest BCUT2D eigenvalue weighted by molar-refractivity contribution is 1.01. The molecule has 2 rings (SSSR count). The van der Waals surface area contributed by atoms with Crippen LogP contribution in [0.15, 0.2) is 42.5 Å². The Hall–Kier alpha value is -2.00. The van der Waals surface area contributed by atoms with Gasteiger partial charge in [0.2, 0.25) is 0 Å². The molecule has 2 aromatic rings. The Morgan fingerprint density at radius 3 is 2.22 bits per heavy atom. The molecular weight excluding hydrogens is 222 g/mol. The molecule has 0 atom stereocenters. The van der Waals surface area contributed by atoms with E-state index in [1.54, 1.807) is 12.1 Å². The Labute approximate surface area is 108 Å². The van der Waals surface area contributed by atoms with Crippen molar-refractivity contribution in [3.63, 3.8) is 0 Å². The Morgan fingerprint density at radius 1 is 1.00 bits per heavy atom. The van der Waals surface area contributed by atoms with Crippen molar-refractivity contribution < 1.29 is 0 Å². The maximum atomic E-state index is 5.88. The molecule has 0 aliphatic carbocycles. The van der Waals surface area contributed by atoms with Crippen LogP contribution < -0.4 is 16.6 Å². The van der Waals surface area contributed by atoms with E-state index in [-0.39, 0.29) is 0 Å². The fraction of sp³-hybridized carbons (Fsp3) is 0.200. The van der Waals surface area contributed by atoms with Crippen molar-refractivity contribution >= 4 is 11.4 Å². The molecule has 94 valence electrons. The third kappa shape index (κ3) is 2.81. The molecule has 0 bridgehead atoms. The van der Waals surface area contributed by atoms with E-state index in [9.17, 15) is 0 Å². The number of rotatable bonds is 3. The summed E-state index contributed by atoms with van der Waals surface area (Å²) in [4.78, 5) is 0. The minimum Gasteiger partial charge on any atom is -0.397 e. The molecule has 2 aromatic carbocycles. The van der Waals surface area contributed by atoms with Crippen LogP contribution in [-0.2, 0) is 6.42 Å². The first-order chi connectivity index (χ1) is 8.56. The lowest BCUT2D eigenvalue weighted by Crippen LogP contribution is -2.26. The van der Waals surface area contributed by atoms with E-state index in [1.807, 2.05) is 18.2 Å². The molecule has 0 saturated heterocycles. The normalized spacial score (nSPS) is 10.4. The fourth-order valence-corrected chi connectivity index (χ4v) is 1.95. The maximum absolute atomic E-state index is 5.88. The molecule has 0 unspecified atom stereocenters. The molecule has 0 aromatic heterocycles. The largest absolute Gasteiger partial charge is 0.397 e. The summed E-state index contributed by atoms with van der Waals surface area (Å²) in [5, 5.41) is 1.55. The number of nitrogens with zero attached hydrogens (tertiary/aromatic N) is 1. The number of hydrazine groups is 1. The summed E-state index contributed by atoms with van der Waals surface area (Å²) < 4.78 is 0. The van der Waals surface area contributed by atoms with Gasteiger partial charge in [0.25, 0.3) is 0 Å². The first-order valence-corrected chi connectivity index (χ1v) is 5.98. The molecule has 3 heteroatoms. The quantitative estimate of drug-likeness (QED) is 0.493. The second kappa shape index (κ2) is 5.10. The topological polar surface area (TPSA) is 55.3 Å². The van der Waals surface area contributed by atoms with Crippen LogP contribution in [-0.4, -0.2) is 7.05 Å². The number of hydrogen-bond acceptors (Lipinski definition) is 3. The average molecular weight is 241 g/mol. The summed E-state index contributed by atoms with van der Waals surface area (Å²) >= 11 is 0. The highest BCUT2D eigenvalue weighted by atomic mass is 15.4. The Balaban J connectivity index is 2.24. The van der Waals surface area contributed by atoms with Gasteiger partial charge in [0, 0.05) is 7.05 Å². The van der Waals surface area contributed by atoms with Crippen molar-refractivity contribution in [3.05, 3.63) is 59.2 Å². The standard InChI is InChI=1S/C15H19N3/c1-11-3-5-12(6-4-11)9-13-7-8-14(16)15(10-13)18(2)17/h3-8,10H,9,16-17H2,1-2H3. The fourth-order valence-electron chi connectivity index (χ4n) is 1.95. The molecule has 0 fully saturated rings. The van der Waals surface area contributed by atoms with Gasteiger partial charge >= 0.3 is 0 Å². The van der Waals surface area contributed by atoms with Gasteiger partial charge in [0.05, 0.1) is 11.4 Å². The Morgan fingerprint density at radius 2 is 1.61 bits per heavy atom. The van der Waals surface area contributed by atoms with Crippen molar-refractivity contribution in [2.24, 2.45) is 5.84 Å². The molecule has 0 amide bonds. The molecule has 0 aliphatic rings. The van der Waals surface area contributed by atoms with Crippen LogP contribution in [0, 0.1) is 6.92 Å². The van der Waals surface area contributed by atoms with Crippen LogP contribution in [0.2, 0.25) is 0 Å². The summed E-state index contributed by atoms with van der Waals surface area (Å²) in [7, 11) is 1.79. The van der Waals surface area contributed by atoms with E-state index in [0.717, 1.165) is 12.1 Å². The van der Waals surface area contributed by atoms with Crippen molar-refractivity contribution in [2.45, 2.75) is 13.3 Å². The van der Waals surface area contributed by atoms with Gasteiger partial charge < -0.3 is 10.7 Å². The van der Waals surface area contributed by atoms with Crippen LogP contribution in [0.1, 0.15) is 16.7 Å². The van der Waals surface area contributed by atoms with Crippen LogP contribution in [0.25, 0.3) is 0 Å². The zero-order valence-corrected chi connectivity index (χ0v) is 10.9. The molecule has 18 heavy (non-hydrogen) atoms. The van der Waals surface area contributed by atoms with Crippen LogP contribution >= 0.6 is 0 Å². The van der Waals surface area contributed by atoms with Crippen molar-refractivity contribution in [1.29, 1.82) is 0 Å². The second-order valence-corrected chi connectivity index (χ2v) is 4.67. The number of nitrogens with two attached hydrogens (primary N) is 2. The SMILES string of the molecule is Cc1ccc(Cc2ccc(N)c(N(C)N)c2)cc1. The highest BCUT2D eigenvalue weighted by Crippen LogP contribution is 2.23. The van der Waals surface area contributed by atoms with Gasteiger partial charge in [0.15, 0.2) is 0 Å². The average Bonchev–Trinajstić information content (AvgIpc) is 2.34. The number of nitrogen functional groups attached to an aromatic ring is 1. The molecule has 0 aliphatic heterocycles. The lowest BCUT2D eigenvalue weighted by atomic mass is 10.0. The molecule has 4 N–H and O–H groups in total. The summed E-state index contributed by atoms with van der Waals surface area (Å²) in [6, 6.07) is 14.5. The van der Waals surface area contributed by atoms with E-state index in [1.165, 1.54) is 16.7 Å². The highest BCUT2D eigenvalue weighted by molar-refractivity contribution is 5.67. The van der Waals surface area contributed by atoms with E-state index >= 15 is 0 Å². The monoisotopic (exact) mass is 241 g/mol. The van der Waals surface area contributed by atoms with Gasteiger partial charge in [0.1, 0.15) is 0 Å². The summed E-state index contributed by atoms with van der Waals surface area (Å²) in [5.41, 5.74) is 11.2. The Bertz CT molecular complexity index is 530. The lowest BCUT2D eigenvalue weighted by Gasteiger charge is -2.16. The van der Waals surface area contributed by atoms with Crippen LogP contribution in [0.3, 0.4) is 0 Å². The van der Waals surface area contributed by atoms with E-state index < -0.39 is 0 Å². The zero-order valence-electron chi connectivity index (χ0n) is 10.9. The predicted octanol–water partition coefficient (Wildman–Crippen LogP) is 2.48. The van der Waals surface area contributed by atoms with E-state index in [2.05, 4.69) is 31.2 Å². The first kappa shape index (κ1) is 12.5. The minimum absolute atomic E-state index is 0.702. The molecular formula is C15H19N3. The maximum Gasteiger partial charge on any atom is 0.0746 e. The molecule has 0 saturated carbocycles. The smallest absolute Gasteiger partial charge is 0.0746 e. The van der Waals surface area contributed by atoms with Crippen molar-refractivity contribution in [1.82, 2.24) is 0 Å². The zero-order chi connectivity index (χ0) is 13.1. The van der Waals surface area contributed by atoms with Gasteiger partial charge in [-0.05, 0) is 36.6 Å². The molecule has 0 heterocycles. The Kier molecular flexibility index (Phi) is 3.53. The molecule has 3 nitrogen and oxygen atoms in total. The highest BCUT2D eigenvalue weighted by Gasteiger charge is 2.04. The van der Waals surface area contributed by atoms with Gasteiger partial charge in [-0.25, -0.2) is 5.84 Å². The minimum atomic E-state index is 0.702.